The summed E-state index contributed by atoms with van der Waals surface area (Å²) in [6.45, 7) is 0. The third-order valence-corrected chi connectivity index (χ3v) is 2.27. The summed E-state index contributed by atoms with van der Waals surface area (Å²) in [5, 5.41) is 4.12. The van der Waals surface area contributed by atoms with Crippen LogP contribution in [-0.2, 0) is 0 Å². The summed E-state index contributed by atoms with van der Waals surface area (Å²) in [7, 11) is 3.48. The minimum absolute atomic E-state index is 0.00555. The number of rotatable bonds is 2. The second-order valence-electron chi connectivity index (χ2n) is 3.70. The highest BCUT2D eigenvalue weighted by atomic mass is 16.2. The number of aromatic nitrogens is 2. The third kappa shape index (κ3) is 1.95. The van der Waals surface area contributed by atoms with Crippen molar-refractivity contribution in [1.82, 2.24) is 14.7 Å². The van der Waals surface area contributed by atoms with Crippen molar-refractivity contribution in [3.05, 3.63) is 48.3 Å². The van der Waals surface area contributed by atoms with Gasteiger partial charge in [-0.25, -0.2) is 4.68 Å². The van der Waals surface area contributed by atoms with Crippen molar-refractivity contribution in [3.63, 3.8) is 0 Å². The van der Waals surface area contributed by atoms with Crippen LogP contribution in [0.5, 0.6) is 0 Å². The summed E-state index contributed by atoms with van der Waals surface area (Å²) >= 11 is 0. The Morgan fingerprint density at radius 2 is 2.12 bits per heavy atom. The number of nitrogens with zero attached hydrogens (tertiary/aromatic N) is 3. The van der Waals surface area contributed by atoms with E-state index in [1.165, 1.54) is 0 Å². The van der Waals surface area contributed by atoms with Gasteiger partial charge in [0.05, 0.1) is 5.69 Å². The molecule has 0 saturated carbocycles. The highest BCUT2D eigenvalue weighted by Gasteiger charge is 2.08. The average molecular weight is 215 g/mol. The maximum absolute atomic E-state index is 11.8. The van der Waals surface area contributed by atoms with Crippen LogP contribution in [0.4, 0.5) is 0 Å². The number of amides is 1. The highest BCUT2D eigenvalue weighted by molar-refractivity contribution is 5.94. The molecule has 2 aromatic rings. The van der Waals surface area contributed by atoms with Crippen LogP contribution in [0.15, 0.2) is 42.7 Å². The molecule has 4 heteroatoms. The van der Waals surface area contributed by atoms with Crippen molar-refractivity contribution in [3.8, 4) is 5.69 Å². The van der Waals surface area contributed by atoms with Gasteiger partial charge in [0.25, 0.3) is 5.91 Å². The number of hydrogen-bond acceptors (Lipinski definition) is 2. The molecule has 0 fully saturated rings. The van der Waals surface area contributed by atoms with Crippen molar-refractivity contribution < 1.29 is 4.79 Å². The van der Waals surface area contributed by atoms with Crippen LogP contribution in [0.3, 0.4) is 0 Å². The first kappa shape index (κ1) is 10.4. The maximum atomic E-state index is 11.8. The van der Waals surface area contributed by atoms with Gasteiger partial charge in [0.1, 0.15) is 0 Å². The SMILES string of the molecule is CN(C)C(=O)c1cccc(-n2cccn2)c1. The first-order valence-electron chi connectivity index (χ1n) is 5.00. The zero-order valence-corrected chi connectivity index (χ0v) is 9.29. The Morgan fingerprint density at radius 1 is 1.31 bits per heavy atom. The molecule has 16 heavy (non-hydrogen) atoms. The molecule has 0 unspecified atom stereocenters. The lowest BCUT2D eigenvalue weighted by molar-refractivity contribution is 0.0827. The van der Waals surface area contributed by atoms with Gasteiger partial charge in [-0.3, -0.25) is 4.79 Å². The molecule has 0 bridgehead atoms. The summed E-state index contributed by atoms with van der Waals surface area (Å²) in [5.74, 6) is -0.00555. The van der Waals surface area contributed by atoms with Gasteiger partial charge in [0.2, 0.25) is 0 Å². The van der Waals surface area contributed by atoms with E-state index in [4.69, 9.17) is 0 Å². The lowest BCUT2D eigenvalue weighted by Crippen LogP contribution is -2.21. The van der Waals surface area contributed by atoms with Crippen molar-refractivity contribution in [2.45, 2.75) is 0 Å². The normalized spacial score (nSPS) is 10.1. The first-order valence-corrected chi connectivity index (χ1v) is 5.00. The molecule has 0 aliphatic rings. The Balaban J connectivity index is 2.37. The van der Waals surface area contributed by atoms with Crippen LogP contribution in [0, 0.1) is 0 Å². The summed E-state index contributed by atoms with van der Waals surface area (Å²) in [4.78, 5) is 13.3. The lowest BCUT2D eigenvalue weighted by atomic mass is 10.2. The van der Waals surface area contributed by atoms with Crippen LogP contribution in [0.25, 0.3) is 5.69 Å². The van der Waals surface area contributed by atoms with Crippen LogP contribution < -0.4 is 0 Å². The minimum atomic E-state index is -0.00555. The van der Waals surface area contributed by atoms with Crippen molar-refractivity contribution >= 4 is 5.91 Å². The molecule has 0 aliphatic heterocycles. The van der Waals surface area contributed by atoms with E-state index in [1.54, 1.807) is 35.9 Å². The van der Waals surface area contributed by atoms with E-state index in [-0.39, 0.29) is 5.91 Å². The monoisotopic (exact) mass is 215 g/mol. The molecule has 0 radical (unpaired) electrons. The quantitative estimate of drug-likeness (QED) is 0.762. The van der Waals surface area contributed by atoms with E-state index in [0.29, 0.717) is 5.56 Å². The smallest absolute Gasteiger partial charge is 0.253 e. The highest BCUT2D eigenvalue weighted by Crippen LogP contribution is 2.10. The predicted octanol–water partition coefficient (Wildman–Crippen LogP) is 1.57. The largest absolute Gasteiger partial charge is 0.345 e. The molecule has 4 nitrogen and oxygen atoms in total. The molecule has 0 N–H and O–H groups in total. The molecule has 1 aromatic heterocycles. The van der Waals surface area contributed by atoms with Gasteiger partial charge in [-0.1, -0.05) is 6.07 Å². The summed E-state index contributed by atoms with van der Waals surface area (Å²) < 4.78 is 1.73. The average Bonchev–Trinajstić information content (AvgIpc) is 2.81. The zero-order chi connectivity index (χ0) is 11.5. The molecule has 1 amide bonds. The Labute approximate surface area is 94.1 Å². The number of carbonyl (C=O) groups is 1. The van der Waals surface area contributed by atoms with E-state index < -0.39 is 0 Å². The molecule has 1 heterocycles. The van der Waals surface area contributed by atoms with E-state index >= 15 is 0 Å². The van der Waals surface area contributed by atoms with E-state index in [9.17, 15) is 4.79 Å². The standard InChI is InChI=1S/C12H13N3O/c1-14(2)12(16)10-5-3-6-11(9-10)15-8-4-7-13-15/h3-9H,1-2H3. The van der Waals surface area contributed by atoms with Crippen LogP contribution >= 0.6 is 0 Å². The van der Waals surface area contributed by atoms with Gasteiger partial charge in [-0.15, -0.1) is 0 Å². The molecule has 82 valence electrons. The number of carbonyl (C=O) groups excluding carboxylic acids is 1. The number of hydrogen-bond donors (Lipinski definition) is 0. The van der Waals surface area contributed by atoms with Crippen molar-refractivity contribution in [2.24, 2.45) is 0 Å². The topological polar surface area (TPSA) is 38.1 Å². The van der Waals surface area contributed by atoms with Gasteiger partial charge in [0.15, 0.2) is 0 Å². The predicted molar refractivity (Wildman–Crippen MR) is 61.6 cm³/mol. The molecule has 1 aromatic carbocycles. The van der Waals surface area contributed by atoms with E-state index in [1.807, 2.05) is 30.5 Å². The molecule has 0 spiro atoms. The molecule has 2 rings (SSSR count). The summed E-state index contributed by atoms with van der Waals surface area (Å²) in [5.41, 5.74) is 1.55. The van der Waals surface area contributed by atoms with Crippen LogP contribution in [-0.4, -0.2) is 34.7 Å². The molecule has 0 aliphatic carbocycles. The third-order valence-electron chi connectivity index (χ3n) is 2.27. The Hall–Kier alpha value is -2.10. The second kappa shape index (κ2) is 4.18. The lowest BCUT2D eigenvalue weighted by Gasteiger charge is -2.11. The van der Waals surface area contributed by atoms with Gasteiger partial charge in [-0.2, -0.15) is 5.10 Å². The molecular weight excluding hydrogens is 202 g/mol. The minimum Gasteiger partial charge on any atom is -0.345 e. The van der Waals surface area contributed by atoms with Gasteiger partial charge in [0, 0.05) is 32.1 Å². The zero-order valence-electron chi connectivity index (χ0n) is 9.29. The Bertz CT molecular complexity index is 489. The first-order chi connectivity index (χ1) is 7.68. The van der Waals surface area contributed by atoms with Crippen molar-refractivity contribution in [1.29, 1.82) is 0 Å². The fourth-order valence-electron chi connectivity index (χ4n) is 1.46. The molecule has 0 saturated heterocycles. The maximum Gasteiger partial charge on any atom is 0.253 e. The van der Waals surface area contributed by atoms with E-state index in [0.717, 1.165) is 5.69 Å². The molecular formula is C12H13N3O. The van der Waals surface area contributed by atoms with E-state index in [2.05, 4.69) is 5.10 Å². The fourth-order valence-corrected chi connectivity index (χ4v) is 1.46. The van der Waals surface area contributed by atoms with Crippen LogP contribution in [0.1, 0.15) is 10.4 Å². The second-order valence-corrected chi connectivity index (χ2v) is 3.70. The van der Waals surface area contributed by atoms with Gasteiger partial charge < -0.3 is 4.90 Å². The summed E-state index contributed by atoms with van der Waals surface area (Å²) in [6, 6.07) is 9.25. The van der Waals surface area contributed by atoms with Crippen molar-refractivity contribution in [2.75, 3.05) is 14.1 Å². The van der Waals surface area contributed by atoms with Gasteiger partial charge >= 0.3 is 0 Å². The van der Waals surface area contributed by atoms with Crippen LogP contribution in [0.2, 0.25) is 0 Å². The van der Waals surface area contributed by atoms with Gasteiger partial charge in [-0.05, 0) is 24.3 Å². The Kier molecular flexibility index (Phi) is 2.72. The fraction of sp³-hybridized carbons (Fsp3) is 0.167. The Morgan fingerprint density at radius 3 is 2.75 bits per heavy atom. The molecule has 0 atom stereocenters. The summed E-state index contributed by atoms with van der Waals surface area (Å²) in [6.07, 6.45) is 3.56. The number of benzene rings is 1.